The first-order chi connectivity index (χ1) is 42.2. The Bertz CT molecular complexity index is 2650. The molecule has 3 N–H and O–H groups in total. The maximum atomic E-state index is 13.9. The summed E-state index contributed by atoms with van der Waals surface area (Å²) in [6.45, 7) is 13.9. The molecule has 2 heterocycles. The first-order valence-electron chi connectivity index (χ1n) is 29.5. The molecule has 87 heavy (non-hydrogen) atoms. The van der Waals surface area contributed by atoms with Gasteiger partial charge in [-0.05, 0) is 61.7 Å². The average Bonchev–Trinajstić information content (AvgIpc) is 3.89. The highest BCUT2D eigenvalue weighted by Crippen LogP contribution is 2.34. The van der Waals surface area contributed by atoms with E-state index in [-0.39, 0.29) is 62.2 Å². The van der Waals surface area contributed by atoms with Crippen LogP contribution in [0.25, 0.3) is 17.2 Å². The largest absolute Gasteiger partial charge is 0.420 e. The molecule has 5 rings (SSSR count). The van der Waals surface area contributed by atoms with Crippen LogP contribution in [-0.4, -0.2) is 244 Å². The summed E-state index contributed by atoms with van der Waals surface area (Å²) < 4.78 is 147. The van der Waals surface area contributed by atoms with E-state index in [1.54, 1.807) is 18.2 Å². The molecule has 2 aliphatic rings. The van der Waals surface area contributed by atoms with Crippen LogP contribution in [0.15, 0.2) is 64.0 Å². The quantitative estimate of drug-likeness (QED) is 0.0235. The van der Waals surface area contributed by atoms with Gasteiger partial charge in [0.15, 0.2) is 11.6 Å². The van der Waals surface area contributed by atoms with E-state index < -0.39 is 51.4 Å². The molecule has 22 nitrogen and oxygen atoms in total. The van der Waals surface area contributed by atoms with Gasteiger partial charge in [0.1, 0.15) is 5.84 Å². The molecule has 0 aromatic heterocycles. The van der Waals surface area contributed by atoms with Crippen molar-refractivity contribution in [2.24, 2.45) is 16.6 Å². The number of carbonyl (C=O) groups excluding carboxylic acids is 2. The minimum absolute atomic E-state index is 0.0155. The Morgan fingerprint density at radius 3 is 1.62 bits per heavy atom. The van der Waals surface area contributed by atoms with E-state index in [1.165, 1.54) is 4.31 Å². The number of hydrogen-bond donors (Lipinski definition) is 2. The number of nitrogens with two attached hydrogens (primary N) is 1. The van der Waals surface area contributed by atoms with E-state index in [1.807, 2.05) is 49.2 Å². The number of halogens is 4. The number of aliphatic hydroxyl groups excluding tert-OH is 1. The van der Waals surface area contributed by atoms with Crippen LogP contribution in [0.1, 0.15) is 44.6 Å². The molecule has 1 fully saturated rings. The van der Waals surface area contributed by atoms with Gasteiger partial charge in [-0.15, -0.1) is 0 Å². The predicted octanol–water partition coefficient (Wildman–Crippen LogP) is 5.43. The van der Waals surface area contributed by atoms with Crippen LogP contribution in [-0.2, 0) is 71.7 Å². The summed E-state index contributed by atoms with van der Waals surface area (Å²) in [5.41, 5.74) is 9.77. The third-order valence-corrected chi connectivity index (χ3v) is 15.1. The fourth-order valence-electron chi connectivity index (χ4n) is 8.59. The minimum Gasteiger partial charge on any atom is -0.420 e. The second-order valence-corrected chi connectivity index (χ2v) is 22.1. The number of benzene rings is 3. The van der Waals surface area contributed by atoms with Crippen LogP contribution in [0.3, 0.4) is 0 Å². The molecule has 27 heteroatoms. The lowest BCUT2D eigenvalue weighted by Gasteiger charge is -2.36. The zero-order valence-corrected chi connectivity index (χ0v) is 50.9. The number of carbonyl (C=O) groups is 2. The molecule has 0 unspecified atom stereocenters. The Kier molecular flexibility index (Phi) is 35.1. The number of aliphatic imine (C=N–C) groups is 1. The fourth-order valence-corrected chi connectivity index (χ4v) is 10.2. The van der Waals surface area contributed by atoms with Gasteiger partial charge >= 0.3 is 5.97 Å². The number of hydrogen-bond acceptors (Lipinski definition) is 20. The summed E-state index contributed by atoms with van der Waals surface area (Å²) in [5.74, 6) is -9.34. The van der Waals surface area contributed by atoms with Crippen LogP contribution in [0.5, 0.6) is 5.75 Å². The summed E-state index contributed by atoms with van der Waals surface area (Å²) in [6.07, 6.45) is 4.01. The molecule has 0 saturated carbocycles. The Labute approximate surface area is 508 Å². The topological polar surface area (TPSA) is 247 Å². The molecule has 2 aliphatic heterocycles. The lowest BCUT2D eigenvalue weighted by molar-refractivity contribution is -0.136. The van der Waals surface area contributed by atoms with Crippen molar-refractivity contribution in [2.75, 3.05) is 198 Å². The summed E-state index contributed by atoms with van der Waals surface area (Å²) >= 11 is 0. The summed E-state index contributed by atoms with van der Waals surface area (Å²) in [5, 5.41) is 9.36. The van der Waals surface area contributed by atoms with Gasteiger partial charge in [0, 0.05) is 88.6 Å². The summed E-state index contributed by atoms with van der Waals surface area (Å²) in [6, 6.07) is 12.4. The van der Waals surface area contributed by atoms with Gasteiger partial charge in [-0.3, -0.25) is 9.59 Å². The van der Waals surface area contributed by atoms with Crippen molar-refractivity contribution in [2.45, 2.75) is 43.9 Å². The maximum absolute atomic E-state index is 13.9. The predicted molar refractivity (Wildman–Crippen MR) is 314 cm³/mol. The molecule has 0 atom stereocenters. The van der Waals surface area contributed by atoms with Gasteiger partial charge in [0.05, 0.1) is 149 Å². The normalized spacial score (nSPS) is 13.8. The fraction of sp³-hybridized carbons (Fsp3) is 0.617. The smallest absolute Gasteiger partial charge is 0.313 e. The SMILES string of the molecule is CCCN(CCCOCCCN(C)CCOCCOCCOCCOCCOCCOCCOCCOCCOCCOCCC(=O)Oc1c(F)c(F)cc(F)c1F)C(=O)C1=Cc2ccc(-c3cccc(S(=O)(=O)N4CC(CO)C4)c3)cc2N=C(N)C1. The Hall–Kier alpha value is -5.08. The van der Waals surface area contributed by atoms with Crippen LogP contribution in [0.2, 0.25) is 0 Å². The number of amides is 1. The van der Waals surface area contributed by atoms with Crippen LogP contribution < -0.4 is 10.5 Å². The highest BCUT2D eigenvalue weighted by molar-refractivity contribution is 7.89. The second-order valence-electron chi connectivity index (χ2n) is 20.2. The van der Waals surface area contributed by atoms with E-state index >= 15 is 0 Å². The molecule has 0 radical (unpaired) electrons. The van der Waals surface area contributed by atoms with E-state index in [4.69, 9.17) is 57.8 Å². The summed E-state index contributed by atoms with van der Waals surface area (Å²) in [7, 11) is -1.64. The van der Waals surface area contributed by atoms with Crippen LogP contribution in [0, 0.1) is 29.2 Å². The van der Waals surface area contributed by atoms with Gasteiger partial charge < -0.3 is 77.5 Å². The van der Waals surface area contributed by atoms with Crippen molar-refractivity contribution in [3.8, 4) is 16.9 Å². The third-order valence-electron chi connectivity index (χ3n) is 13.3. The monoisotopic (exact) mass is 1260 g/mol. The number of amidine groups is 1. The zero-order chi connectivity index (χ0) is 62.5. The van der Waals surface area contributed by atoms with E-state index in [0.29, 0.717) is 174 Å². The molecular weight excluding hydrogens is 1170 g/mol. The lowest BCUT2D eigenvalue weighted by atomic mass is 10.0. The molecule has 0 bridgehead atoms. The van der Waals surface area contributed by atoms with Crippen molar-refractivity contribution in [1.29, 1.82) is 0 Å². The van der Waals surface area contributed by atoms with Crippen molar-refractivity contribution in [3.63, 3.8) is 0 Å². The van der Waals surface area contributed by atoms with E-state index in [2.05, 4.69) is 14.6 Å². The van der Waals surface area contributed by atoms with Gasteiger partial charge in [-0.1, -0.05) is 31.2 Å². The van der Waals surface area contributed by atoms with E-state index in [0.717, 1.165) is 37.1 Å². The maximum Gasteiger partial charge on any atom is 0.313 e. The van der Waals surface area contributed by atoms with Crippen LogP contribution in [0.4, 0.5) is 23.2 Å². The van der Waals surface area contributed by atoms with Gasteiger partial charge in [0.25, 0.3) is 0 Å². The number of nitrogens with zero attached hydrogens (tertiary/aromatic N) is 4. The molecule has 3 aromatic carbocycles. The highest BCUT2D eigenvalue weighted by Gasteiger charge is 2.36. The minimum atomic E-state index is -3.69. The first kappa shape index (κ1) is 72.7. The molecule has 1 saturated heterocycles. The zero-order valence-electron chi connectivity index (χ0n) is 50.1. The lowest BCUT2D eigenvalue weighted by Crippen LogP contribution is -2.51. The first-order valence-corrected chi connectivity index (χ1v) is 30.9. The Morgan fingerprint density at radius 1 is 0.621 bits per heavy atom. The molecule has 3 aromatic rings. The summed E-state index contributed by atoms with van der Waals surface area (Å²) in [4.78, 5) is 34.5. The molecule has 0 aliphatic carbocycles. The number of sulfonamides is 1. The van der Waals surface area contributed by atoms with Gasteiger partial charge in [-0.25, -0.2) is 22.2 Å². The number of aliphatic hydroxyl groups is 1. The average molecular weight is 1260 g/mol. The molecular formula is C60H87F4N5O17S. The van der Waals surface area contributed by atoms with Crippen molar-refractivity contribution in [3.05, 3.63) is 82.9 Å². The molecule has 1 amide bonds. The van der Waals surface area contributed by atoms with Crippen molar-refractivity contribution in [1.82, 2.24) is 14.1 Å². The second kappa shape index (κ2) is 42.0. The molecule has 488 valence electrons. The van der Waals surface area contributed by atoms with Gasteiger partial charge in [-0.2, -0.15) is 13.1 Å². The Morgan fingerprint density at radius 2 is 1.10 bits per heavy atom. The van der Waals surface area contributed by atoms with Gasteiger partial charge in [0.2, 0.25) is 33.3 Å². The number of esters is 1. The standard InChI is InChI=1S/C60H87F4N5O17S/c1-3-12-68(60(72)50-38-49-10-9-48(40-54(49)66-55(65)41-50)47-7-4-8-51(39-47)87(73,74)69-43-46(44-69)45-70)14-6-17-75-16-5-13-67(2)15-19-77-21-23-79-25-27-81-29-31-83-33-35-85-37-36-84-34-32-82-30-28-80-26-24-78-22-20-76-18-11-56(71)86-59-57(63)52(61)42-53(62)58(59)64/h4,7-10,38-40,42,46,70H,3,5-6,11-37,41,43-45H2,1-2H3,(H2,65,66). The number of rotatable bonds is 49. The Balaban J connectivity index is 0.745. The number of likely N-dealkylation sites (N-methyl/N-ethyl adjacent to an activating group) is 1. The van der Waals surface area contributed by atoms with E-state index in [9.17, 15) is 40.7 Å². The third kappa shape index (κ3) is 27.3. The molecule has 0 spiro atoms. The van der Waals surface area contributed by atoms with Crippen molar-refractivity contribution >= 4 is 39.5 Å². The highest BCUT2D eigenvalue weighted by atomic mass is 32.2. The number of fused-ring (bicyclic) bond motifs is 1. The number of ether oxygens (including phenoxy) is 12. The van der Waals surface area contributed by atoms with Crippen molar-refractivity contribution < 1.29 is 97.5 Å². The van der Waals surface area contributed by atoms with Crippen LogP contribution >= 0.6 is 0 Å².